The highest BCUT2D eigenvalue weighted by Crippen LogP contribution is 2.31. The number of nitrogens with one attached hydrogen (secondary N) is 1. The zero-order valence-corrected chi connectivity index (χ0v) is 7.18. The van der Waals surface area contributed by atoms with Gasteiger partial charge in [0.25, 0.3) is 5.56 Å². The van der Waals surface area contributed by atoms with Gasteiger partial charge in [-0.2, -0.15) is 0 Å². The summed E-state index contributed by atoms with van der Waals surface area (Å²) < 4.78 is 5.52. The van der Waals surface area contributed by atoms with E-state index in [9.17, 15) is 4.79 Å². The number of H-pyrrole nitrogens is 1. The SMILES string of the molecule is CC1(C)Cc2ccc(=O)[nH]c2O1. The zero-order valence-electron chi connectivity index (χ0n) is 7.18. The molecule has 0 bridgehead atoms. The van der Waals surface area contributed by atoms with E-state index >= 15 is 0 Å². The maximum absolute atomic E-state index is 10.9. The Morgan fingerprint density at radius 2 is 2.25 bits per heavy atom. The molecular weight excluding hydrogens is 154 g/mol. The summed E-state index contributed by atoms with van der Waals surface area (Å²) in [6.07, 6.45) is 0.860. The summed E-state index contributed by atoms with van der Waals surface area (Å²) in [4.78, 5) is 13.6. The second-order valence-corrected chi connectivity index (χ2v) is 3.72. The molecule has 0 aromatic carbocycles. The molecule has 0 atom stereocenters. The molecule has 0 fully saturated rings. The van der Waals surface area contributed by atoms with Crippen molar-refractivity contribution in [2.45, 2.75) is 25.9 Å². The molecule has 1 N–H and O–H groups in total. The van der Waals surface area contributed by atoms with E-state index in [1.165, 1.54) is 6.07 Å². The predicted molar refractivity (Wildman–Crippen MR) is 45.5 cm³/mol. The molecule has 1 aliphatic heterocycles. The minimum Gasteiger partial charge on any atom is -0.472 e. The monoisotopic (exact) mass is 165 g/mol. The van der Waals surface area contributed by atoms with Crippen molar-refractivity contribution in [2.75, 3.05) is 0 Å². The molecule has 3 nitrogen and oxygen atoms in total. The summed E-state index contributed by atoms with van der Waals surface area (Å²) in [6.45, 7) is 4.01. The van der Waals surface area contributed by atoms with E-state index in [1.807, 2.05) is 19.9 Å². The van der Waals surface area contributed by atoms with Gasteiger partial charge in [-0.05, 0) is 19.9 Å². The highest BCUT2D eigenvalue weighted by Gasteiger charge is 2.30. The number of ether oxygens (including phenoxy) is 1. The third kappa shape index (κ3) is 1.11. The van der Waals surface area contributed by atoms with E-state index in [0.29, 0.717) is 5.88 Å². The Labute approximate surface area is 70.4 Å². The minimum atomic E-state index is -0.174. The quantitative estimate of drug-likeness (QED) is 0.625. The van der Waals surface area contributed by atoms with Gasteiger partial charge in [0.05, 0.1) is 0 Å². The van der Waals surface area contributed by atoms with E-state index in [0.717, 1.165) is 12.0 Å². The number of aromatic amines is 1. The van der Waals surface area contributed by atoms with Crippen LogP contribution in [0, 0.1) is 0 Å². The fourth-order valence-corrected chi connectivity index (χ4v) is 1.49. The van der Waals surface area contributed by atoms with Gasteiger partial charge in [-0.3, -0.25) is 9.78 Å². The van der Waals surface area contributed by atoms with Gasteiger partial charge in [0.2, 0.25) is 0 Å². The van der Waals surface area contributed by atoms with Crippen LogP contribution in [0.5, 0.6) is 5.88 Å². The number of rotatable bonds is 0. The van der Waals surface area contributed by atoms with Crippen LogP contribution in [0.25, 0.3) is 0 Å². The molecule has 3 heteroatoms. The standard InChI is InChI=1S/C9H11NO2/c1-9(2)5-6-3-4-7(11)10-8(6)12-9/h3-4H,5H2,1-2H3,(H,10,11). The third-order valence-electron chi connectivity index (χ3n) is 1.96. The molecule has 0 amide bonds. The summed E-state index contributed by atoms with van der Waals surface area (Å²) in [6, 6.07) is 3.35. The summed E-state index contributed by atoms with van der Waals surface area (Å²) in [5, 5.41) is 0. The molecular formula is C9H11NO2. The van der Waals surface area contributed by atoms with E-state index in [-0.39, 0.29) is 11.2 Å². The van der Waals surface area contributed by atoms with Gasteiger partial charge < -0.3 is 4.74 Å². The van der Waals surface area contributed by atoms with Crippen LogP contribution in [-0.2, 0) is 6.42 Å². The van der Waals surface area contributed by atoms with Crippen LogP contribution in [-0.4, -0.2) is 10.6 Å². The maximum atomic E-state index is 10.9. The van der Waals surface area contributed by atoms with Gasteiger partial charge in [0.1, 0.15) is 5.60 Å². The molecule has 12 heavy (non-hydrogen) atoms. The first-order valence-electron chi connectivity index (χ1n) is 3.98. The number of pyridine rings is 1. The maximum Gasteiger partial charge on any atom is 0.250 e. The van der Waals surface area contributed by atoms with E-state index in [1.54, 1.807) is 0 Å². The number of hydrogen-bond acceptors (Lipinski definition) is 2. The molecule has 0 unspecified atom stereocenters. The highest BCUT2D eigenvalue weighted by molar-refractivity contribution is 5.31. The first kappa shape index (κ1) is 7.40. The van der Waals surface area contributed by atoms with Crippen molar-refractivity contribution in [3.63, 3.8) is 0 Å². The molecule has 64 valence electrons. The first-order chi connectivity index (χ1) is 5.57. The predicted octanol–water partition coefficient (Wildman–Crippen LogP) is 1.09. The lowest BCUT2D eigenvalue weighted by Gasteiger charge is -2.16. The molecule has 2 heterocycles. The van der Waals surface area contributed by atoms with Crippen LogP contribution < -0.4 is 10.3 Å². The fourth-order valence-electron chi connectivity index (χ4n) is 1.49. The molecule has 0 spiro atoms. The second-order valence-electron chi connectivity index (χ2n) is 3.72. The molecule has 1 aliphatic rings. The smallest absolute Gasteiger partial charge is 0.250 e. The lowest BCUT2D eigenvalue weighted by Crippen LogP contribution is -2.25. The Kier molecular flexibility index (Phi) is 1.31. The van der Waals surface area contributed by atoms with E-state index in [2.05, 4.69) is 4.98 Å². The van der Waals surface area contributed by atoms with Gasteiger partial charge in [-0.25, -0.2) is 0 Å². The average molecular weight is 165 g/mol. The normalized spacial score (nSPS) is 18.5. The van der Waals surface area contributed by atoms with Crippen molar-refractivity contribution in [1.29, 1.82) is 0 Å². The van der Waals surface area contributed by atoms with Crippen molar-refractivity contribution in [2.24, 2.45) is 0 Å². The molecule has 0 aliphatic carbocycles. The van der Waals surface area contributed by atoms with Crippen molar-refractivity contribution < 1.29 is 4.74 Å². The Bertz CT molecular complexity index is 365. The zero-order chi connectivity index (χ0) is 8.77. The minimum absolute atomic E-state index is 0.105. The van der Waals surface area contributed by atoms with Crippen LogP contribution in [0.2, 0.25) is 0 Å². The van der Waals surface area contributed by atoms with Gasteiger partial charge in [-0.1, -0.05) is 0 Å². The summed E-state index contributed by atoms with van der Waals surface area (Å²) >= 11 is 0. The summed E-state index contributed by atoms with van der Waals surface area (Å²) in [5.74, 6) is 0.632. The van der Waals surface area contributed by atoms with Crippen LogP contribution in [0.4, 0.5) is 0 Å². The first-order valence-corrected chi connectivity index (χ1v) is 3.98. The van der Waals surface area contributed by atoms with Crippen molar-refractivity contribution >= 4 is 0 Å². The van der Waals surface area contributed by atoms with E-state index < -0.39 is 0 Å². The molecule has 0 radical (unpaired) electrons. The average Bonchev–Trinajstić information content (AvgIpc) is 2.21. The third-order valence-corrected chi connectivity index (χ3v) is 1.96. The fraction of sp³-hybridized carbons (Fsp3) is 0.444. The van der Waals surface area contributed by atoms with Crippen LogP contribution >= 0.6 is 0 Å². The number of hydrogen-bond donors (Lipinski definition) is 1. The summed E-state index contributed by atoms with van der Waals surface area (Å²) in [5.41, 5.74) is 0.804. The van der Waals surface area contributed by atoms with Crippen LogP contribution in [0.15, 0.2) is 16.9 Å². The number of fused-ring (bicyclic) bond motifs is 1. The largest absolute Gasteiger partial charge is 0.472 e. The lowest BCUT2D eigenvalue weighted by molar-refractivity contribution is 0.132. The highest BCUT2D eigenvalue weighted by atomic mass is 16.5. The number of aromatic nitrogens is 1. The summed E-state index contributed by atoms with van der Waals surface area (Å²) in [7, 11) is 0. The van der Waals surface area contributed by atoms with Crippen LogP contribution in [0.3, 0.4) is 0 Å². The lowest BCUT2D eigenvalue weighted by atomic mass is 10.0. The second kappa shape index (κ2) is 2.12. The van der Waals surface area contributed by atoms with Crippen molar-refractivity contribution in [3.05, 3.63) is 28.0 Å². The topological polar surface area (TPSA) is 42.1 Å². The molecule has 2 rings (SSSR count). The van der Waals surface area contributed by atoms with Gasteiger partial charge in [-0.15, -0.1) is 0 Å². The Morgan fingerprint density at radius 3 is 3.00 bits per heavy atom. The Morgan fingerprint density at radius 1 is 1.50 bits per heavy atom. The van der Waals surface area contributed by atoms with Crippen molar-refractivity contribution in [1.82, 2.24) is 4.98 Å². The molecule has 0 saturated heterocycles. The van der Waals surface area contributed by atoms with E-state index in [4.69, 9.17) is 4.74 Å². The Balaban J connectivity index is 2.49. The van der Waals surface area contributed by atoms with Gasteiger partial charge >= 0.3 is 0 Å². The van der Waals surface area contributed by atoms with Crippen LogP contribution in [0.1, 0.15) is 19.4 Å². The Hall–Kier alpha value is -1.25. The van der Waals surface area contributed by atoms with Gasteiger partial charge in [0, 0.05) is 18.1 Å². The van der Waals surface area contributed by atoms with Gasteiger partial charge in [0.15, 0.2) is 5.88 Å². The molecule has 0 saturated carbocycles. The molecule has 1 aromatic rings. The van der Waals surface area contributed by atoms with Crippen molar-refractivity contribution in [3.8, 4) is 5.88 Å². The molecule has 1 aromatic heterocycles.